The number of aromatic carboxylic acids is 1. The fourth-order valence-corrected chi connectivity index (χ4v) is 2.70. The molecule has 0 spiro atoms. The maximum atomic E-state index is 11.8. The maximum absolute atomic E-state index is 11.8. The van der Waals surface area contributed by atoms with Crippen molar-refractivity contribution in [2.75, 3.05) is 5.32 Å². The lowest BCUT2D eigenvalue weighted by Gasteiger charge is -2.10. The van der Waals surface area contributed by atoms with Crippen LogP contribution in [0.4, 0.5) is 10.5 Å². The van der Waals surface area contributed by atoms with Crippen molar-refractivity contribution in [3.8, 4) is 0 Å². The topological polar surface area (TPSA) is 78.4 Å². The molecule has 0 aliphatic carbocycles. The van der Waals surface area contributed by atoms with Gasteiger partial charge in [-0.1, -0.05) is 17.7 Å². The average Bonchev–Trinajstić information content (AvgIpc) is 2.84. The van der Waals surface area contributed by atoms with Gasteiger partial charge in [0.1, 0.15) is 0 Å². The summed E-state index contributed by atoms with van der Waals surface area (Å²) in [5.74, 6) is -1.04. The fourth-order valence-electron chi connectivity index (χ4n) is 1.67. The summed E-state index contributed by atoms with van der Waals surface area (Å²) in [4.78, 5) is 23.7. The van der Waals surface area contributed by atoms with Crippen LogP contribution in [-0.4, -0.2) is 17.1 Å². The quantitative estimate of drug-likeness (QED) is 0.801. The number of amides is 2. The number of benzene rings is 1. The summed E-state index contributed by atoms with van der Waals surface area (Å²) in [7, 11) is 0. The minimum atomic E-state index is -1.04. The Morgan fingerprint density at radius 2 is 2.05 bits per heavy atom. The molecule has 0 fully saturated rings. The Labute approximate surface area is 130 Å². The molecule has 0 saturated carbocycles. The minimum Gasteiger partial charge on any atom is -0.478 e. The van der Waals surface area contributed by atoms with Crippen LogP contribution in [0.1, 0.15) is 20.8 Å². The highest BCUT2D eigenvalue weighted by atomic mass is 35.5. The third-order valence-electron chi connectivity index (χ3n) is 2.78. The summed E-state index contributed by atoms with van der Waals surface area (Å²) in [5, 5.41) is 14.3. The summed E-state index contributed by atoms with van der Waals surface area (Å²) in [5.41, 5.74) is 1.38. The molecule has 1 aromatic heterocycles. The van der Waals surface area contributed by atoms with E-state index in [2.05, 4.69) is 10.6 Å². The van der Waals surface area contributed by atoms with Crippen LogP contribution < -0.4 is 10.6 Å². The molecule has 0 bridgehead atoms. The highest BCUT2D eigenvalue weighted by molar-refractivity contribution is 7.16. The number of hydrogen-bond acceptors (Lipinski definition) is 3. The van der Waals surface area contributed by atoms with Crippen molar-refractivity contribution >= 4 is 40.6 Å². The molecule has 2 aromatic rings. The lowest BCUT2D eigenvalue weighted by atomic mass is 10.1. The Hall–Kier alpha value is -2.05. The van der Waals surface area contributed by atoms with E-state index in [-0.39, 0.29) is 5.56 Å². The number of carboxylic acid groups (broad SMARTS) is 1. The Kier molecular flexibility index (Phi) is 4.82. The number of hydrogen-bond donors (Lipinski definition) is 3. The Bertz CT molecular complexity index is 685. The summed E-state index contributed by atoms with van der Waals surface area (Å²) in [6, 6.07) is 7.78. The molecule has 0 unspecified atom stereocenters. The molecule has 0 atom stereocenters. The molecule has 3 N–H and O–H groups in total. The number of urea groups is 1. The second-order valence-electron chi connectivity index (χ2n) is 4.35. The molecule has 0 radical (unpaired) electrons. The van der Waals surface area contributed by atoms with Crippen LogP contribution in [0.2, 0.25) is 4.34 Å². The molecule has 1 heterocycles. The van der Waals surface area contributed by atoms with Gasteiger partial charge in [-0.3, -0.25) is 0 Å². The van der Waals surface area contributed by atoms with Gasteiger partial charge in [0.25, 0.3) is 0 Å². The van der Waals surface area contributed by atoms with Crippen molar-refractivity contribution in [2.24, 2.45) is 0 Å². The van der Waals surface area contributed by atoms with E-state index in [4.69, 9.17) is 16.7 Å². The summed E-state index contributed by atoms with van der Waals surface area (Å²) in [6.07, 6.45) is 0. The smallest absolute Gasteiger partial charge is 0.335 e. The molecule has 110 valence electrons. The summed E-state index contributed by atoms with van der Waals surface area (Å²) in [6.45, 7) is 2.15. The number of rotatable bonds is 4. The largest absolute Gasteiger partial charge is 0.478 e. The highest BCUT2D eigenvalue weighted by Gasteiger charge is 2.09. The van der Waals surface area contributed by atoms with Gasteiger partial charge in [-0.05, 0) is 36.8 Å². The van der Waals surface area contributed by atoms with E-state index in [1.165, 1.54) is 23.5 Å². The number of carbonyl (C=O) groups is 2. The lowest BCUT2D eigenvalue weighted by Crippen LogP contribution is -2.28. The summed E-state index contributed by atoms with van der Waals surface area (Å²) < 4.78 is 0.664. The van der Waals surface area contributed by atoms with Crippen LogP contribution in [-0.2, 0) is 6.54 Å². The zero-order valence-electron chi connectivity index (χ0n) is 11.1. The van der Waals surface area contributed by atoms with Crippen LogP contribution in [0.15, 0.2) is 30.3 Å². The van der Waals surface area contributed by atoms with Crippen LogP contribution in [0, 0.1) is 6.92 Å². The molecule has 0 aliphatic rings. The monoisotopic (exact) mass is 324 g/mol. The molecule has 21 heavy (non-hydrogen) atoms. The van der Waals surface area contributed by atoms with E-state index in [0.29, 0.717) is 16.6 Å². The first-order valence-corrected chi connectivity index (χ1v) is 7.28. The third-order valence-corrected chi connectivity index (χ3v) is 4.02. The summed E-state index contributed by atoms with van der Waals surface area (Å²) >= 11 is 7.20. The van der Waals surface area contributed by atoms with E-state index in [0.717, 1.165) is 10.4 Å². The number of aryl methyl sites for hydroxylation is 1. The van der Waals surface area contributed by atoms with Crippen molar-refractivity contribution in [3.05, 3.63) is 50.7 Å². The molecule has 7 heteroatoms. The zero-order valence-corrected chi connectivity index (χ0v) is 12.7. The van der Waals surface area contributed by atoms with Crippen LogP contribution in [0.5, 0.6) is 0 Å². The zero-order chi connectivity index (χ0) is 15.4. The highest BCUT2D eigenvalue weighted by Crippen LogP contribution is 2.21. The normalized spacial score (nSPS) is 10.2. The van der Waals surface area contributed by atoms with Crippen LogP contribution in [0.25, 0.3) is 0 Å². The van der Waals surface area contributed by atoms with Gasteiger partial charge in [0, 0.05) is 10.6 Å². The van der Waals surface area contributed by atoms with Gasteiger partial charge in [-0.15, -0.1) is 11.3 Å². The molecular weight excluding hydrogens is 312 g/mol. The van der Waals surface area contributed by atoms with Crippen molar-refractivity contribution in [3.63, 3.8) is 0 Å². The first-order valence-electron chi connectivity index (χ1n) is 6.08. The molecule has 2 amide bonds. The van der Waals surface area contributed by atoms with Gasteiger partial charge < -0.3 is 15.7 Å². The number of anilines is 1. The van der Waals surface area contributed by atoms with Crippen molar-refractivity contribution in [1.29, 1.82) is 0 Å². The molecule has 0 saturated heterocycles. The Morgan fingerprint density at radius 1 is 1.29 bits per heavy atom. The molecule has 2 rings (SSSR count). The average molecular weight is 325 g/mol. The van der Waals surface area contributed by atoms with Crippen molar-refractivity contribution in [1.82, 2.24) is 5.32 Å². The molecule has 0 aliphatic heterocycles. The maximum Gasteiger partial charge on any atom is 0.335 e. The van der Waals surface area contributed by atoms with E-state index >= 15 is 0 Å². The first kappa shape index (κ1) is 15.3. The van der Waals surface area contributed by atoms with E-state index in [1.807, 2.05) is 6.07 Å². The van der Waals surface area contributed by atoms with E-state index in [1.54, 1.807) is 19.1 Å². The molecule has 5 nitrogen and oxygen atoms in total. The number of halogens is 1. The lowest BCUT2D eigenvalue weighted by molar-refractivity contribution is 0.0697. The minimum absolute atomic E-state index is 0.126. The predicted molar refractivity (Wildman–Crippen MR) is 83.3 cm³/mol. The number of carboxylic acids is 1. The second-order valence-corrected chi connectivity index (χ2v) is 6.15. The van der Waals surface area contributed by atoms with Gasteiger partial charge in [-0.25, -0.2) is 9.59 Å². The number of thiophene rings is 1. The number of nitrogens with one attached hydrogen (secondary N) is 2. The van der Waals surface area contributed by atoms with Gasteiger partial charge in [0.05, 0.1) is 16.4 Å². The SMILES string of the molecule is Cc1ccc(C(=O)O)cc1NC(=O)NCc1ccc(Cl)s1. The van der Waals surface area contributed by atoms with Crippen LogP contribution >= 0.6 is 22.9 Å². The number of carbonyl (C=O) groups excluding carboxylic acids is 1. The van der Waals surface area contributed by atoms with Gasteiger partial charge in [0.2, 0.25) is 0 Å². The van der Waals surface area contributed by atoms with E-state index < -0.39 is 12.0 Å². The molecule has 1 aromatic carbocycles. The Morgan fingerprint density at radius 3 is 2.67 bits per heavy atom. The van der Waals surface area contributed by atoms with E-state index in [9.17, 15) is 9.59 Å². The van der Waals surface area contributed by atoms with Crippen LogP contribution in [0.3, 0.4) is 0 Å². The third kappa shape index (κ3) is 4.21. The first-order chi connectivity index (χ1) is 9.95. The van der Waals surface area contributed by atoms with Crippen molar-refractivity contribution in [2.45, 2.75) is 13.5 Å². The Balaban J connectivity index is 1.99. The standard InChI is InChI=1S/C14H13ClN2O3S/c1-8-2-3-9(13(18)19)6-11(8)17-14(20)16-7-10-4-5-12(15)21-10/h2-6H,7H2,1H3,(H,18,19)(H2,16,17,20). The predicted octanol–water partition coefficient (Wildman–Crippen LogP) is 3.73. The fraction of sp³-hybridized carbons (Fsp3) is 0.143. The van der Waals surface area contributed by atoms with Gasteiger partial charge >= 0.3 is 12.0 Å². The van der Waals surface area contributed by atoms with Crippen molar-refractivity contribution < 1.29 is 14.7 Å². The van der Waals surface area contributed by atoms with Gasteiger partial charge in [0.15, 0.2) is 0 Å². The van der Waals surface area contributed by atoms with Gasteiger partial charge in [-0.2, -0.15) is 0 Å². The second kappa shape index (κ2) is 6.60. The molecular formula is C14H13ClN2O3S.